The molecule has 25 heavy (non-hydrogen) atoms. The van der Waals surface area contributed by atoms with E-state index in [0.717, 1.165) is 28.8 Å². The van der Waals surface area contributed by atoms with Crippen molar-refractivity contribution in [2.45, 2.75) is 45.9 Å². The fourth-order valence-electron chi connectivity index (χ4n) is 3.17. The van der Waals surface area contributed by atoms with Crippen molar-refractivity contribution in [3.05, 3.63) is 35.4 Å². The van der Waals surface area contributed by atoms with Gasteiger partial charge in [0.25, 0.3) is 0 Å². The second-order valence-corrected chi connectivity index (χ2v) is 7.46. The standard InChI is InChI=1S/C19H25N3O3/c1-5-13-9-14-11-21(18(24)25-19(2,3)4)12-15(14)10-16(13)22-8-6-7-20-17(22)23/h5,9-10H,1,6-8,11-12H2,2-4H3,(H,20,23). The minimum atomic E-state index is -0.519. The van der Waals surface area contributed by atoms with Gasteiger partial charge in [-0.25, -0.2) is 9.59 Å². The second-order valence-electron chi connectivity index (χ2n) is 7.46. The van der Waals surface area contributed by atoms with Gasteiger partial charge in [-0.2, -0.15) is 0 Å². The van der Waals surface area contributed by atoms with Crippen LogP contribution in [0.1, 0.15) is 43.9 Å². The Morgan fingerprint density at radius 1 is 1.28 bits per heavy atom. The molecule has 0 unspecified atom stereocenters. The third-order valence-electron chi connectivity index (χ3n) is 4.31. The number of carbonyl (C=O) groups excluding carboxylic acids is 2. The zero-order chi connectivity index (χ0) is 18.2. The molecule has 2 aliphatic heterocycles. The van der Waals surface area contributed by atoms with E-state index in [2.05, 4.69) is 11.9 Å². The van der Waals surface area contributed by atoms with Gasteiger partial charge in [-0.15, -0.1) is 0 Å². The predicted octanol–water partition coefficient (Wildman–Crippen LogP) is 3.50. The van der Waals surface area contributed by atoms with Gasteiger partial charge in [0.2, 0.25) is 0 Å². The van der Waals surface area contributed by atoms with E-state index in [-0.39, 0.29) is 12.1 Å². The highest BCUT2D eigenvalue weighted by Crippen LogP contribution is 2.33. The number of rotatable bonds is 2. The Labute approximate surface area is 148 Å². The summed E-state index contributed by atoms with van der Waals surface area (Å²) in [5.74, 6) is 0. The molecule has 1 saturated heterocycles. The molecule has 1 aromatic rings. The summed E-state index contributed by atoms with van der Waals surface area (Å²) in [7, 11) is 0. The van der Waals surface area contributed by atoms with Crippen LogP contribution in [0, 0.1) is 0 Å². The summed E-state index contributed by atoms with van der Waals surface area (Å²) in [6, 6.07) is 3.93. The van der Waals surface area contributed by atoms with E-state index in [4.69, 9.17) is 4.74 Å². The summed E-state index contributed by atoms with van der Waals surface area (Å²) < 4.78 is 5.47. The first-order chi connectivity index (χ1) is 11.8. The Kier molecular flexibility index (Phi) is 4.45. The van der Waals surface area contributed by atoms with Crippen molar-refractivity contribution in [2.24, 2.45) is 0 Å². The molecule has 1 N–H and O–H groups in total. The van der Waals surface area contributed by atoms with Gasteiger partial charge in [-0.1, -0.05) is 12.7 Å². The summed E-state index contributed by atoms with van der Waals surface area (Å²) in [6.45, 7) is 11.8. The summed E-state index contributed by atoms with van der Waals surface area (Å²) >= 11 is 0. The molecule has 6 heteroatoms. The van der Waals surface area contributed by atoms with Gasteiger partial charge >= 0.3 is 12.1 Å². The van der Waals surface area contributed by atoms with Crippen LogP contribution in [0.15, 0.2) is 18.7 Å². The van der Waals surface area contributed by atoms with Crippen LogP contribution >= 0.6 is 0 Å². The van der Waals surface area contributed by atoms with Gasteiger partial charge < -0.3 is 10.1 Å². The van der Waals surface area contributed by atoms with Crippen LogP contribution in [0.4, 0.5) is 15.3 Å². The zero-order valence-corrected chi connectivity index (χ0v) is 15.1. The normalized spacial score (nSPS) is 17.2. The first kappa shape index (κ1) is 17.3. The Hall–Kier alpha value is -2.50. The number of ether oxygens (including phenoxy) is 1. The highest BCUT2D eigenvalue weighted by molar-refractivity contribution is 5.95. The quantitative estimate of drug-likeness (QED) is 0.894. The zero-order valence-electron chi connectivity index (χ0n) is 15.1. The fourth-order valence-corrected chi connectivity index (χ4v) is 3.17. The van der Waals surface area contributed by atoms with E-state index >= 15 is 0 Å². The Morgan fingerprint density at radius 2 is 1.96 bits per heavy atom. The van der Waals surface area contributed by atoms with Gasteiger partial charge in [-0.05, 0) is 56.0 Å². The minimum Gasteiger partial charge on any atom is -0.444 e. The number of anilines is 1. The van der Waals surface area contributed by atoms with Gasteiger partial charge in [-0.3, -0.25) is 9.80 Å². The van der Waals surface area contributed by atoms with E-state index in [0.29, 0.717) is 26.2 Å². The molecule has 0 bridgehead atoms. The molecule has 2 heterocycles. The van der Waals surface area contributed by atoms with E-state index < -0.39 is 5.60 Å². The maximum absolute atomic E-state index is 12.3. The summed E-state index contributed by atoms with van der Waals surface area (Å²) in [4.78, 5) is 28.0. The number of benzene rings is 1. The number of amides is 3. The van der Waals surface area contributed by atoms with Crippen LogP contribution < -0.4 is 10.2 Å². The van der Waals surface area contributed by atoms with E-state index in [1.807, 2.05) is 32.9 Å². The predicted molar refractivity (Wildman–Crippen MR) is 97.4 cm³/mol. The lowest BCUT2D eigenvalue weighted by Gasteiger charge is -2.29. The molecule has 0 spiro atoms. The maximum atomic E-state index is 12.3. The fraction of sp³-hybridized carbons (Fsp3) is 0.474. The van der Waals surface area contributed by atoms with Crippen LogP contribution in [0.3, 0.4) is 0 Å². The molecule has 0 radical (unpaired) electrons. The van der Waals surface area contributed by atoms with Crippen LogP contribution in [-0.2, 0) is 17.8 Å². The van der Waals surface area contributed by atoms with Crippen molar-refractivity contribution in [3.63, 3.8) is 0 Å². The van der Waals surface area contributed by atoms with Crippen LogP contribution in [-0.4, -0.2) is 35.7 Å². The molecule has 0 aromatic heterocycles. The Bertz CT molecular complexity index is 721. The Morgan fingerprint density at radius 3 is 2.56 bits per heavy atom. The first-order valence-corrected chi connectivity index (χ1v) is 8.60. The molecule has 0 aliphatic carbocycles. The van der Waals surface area contributed by atoms with Crippen molar-refractivity contribution in [2.75, 3.05) is 18.0 Å². The van der Waals surface area contributed by atoms with Crippen molar-refractivity contribution < 1.29 is 14.3 Å². The highest BCUT2D eigenvalue weighted by Gasteiger charge is 2.30. The number of carbonyl (C=O) groups is 2. The first-order valence-electron chi connectivity index (χ1n) is 8.60. The van der Waals surface area contributed by atoms with Gasteiger partial charge in [0.15, 0.2) is 0 Å². The number of urea groups is 1. The van der Waals surface area contributed by atoms with E-state index in [9.17, 15) is 9.59 Å². The lowest BCUT2D eigenvalue weighted by atomic mass is 10.0. The molecule has 134 valence electrons. The van der Waals surface area contributed by atoms with Gasteiger partial charge in [0.1, 0.15) is 5.60 Å². The minimum absolute atomic E-state index is 0.0868. The molecule has 3 amide bonds. The van der Waals surface area contributed by atoms with Crippen LogP contribution in [0.2, 0.25) is 0 Å². The topological polar surface area (TPSA) is 61.9 Å². The number of hydrogen-bond donors (Lipinski definition) is 1. The Balaban J connectivity index is 1.86. The van der Waals surface area contributed by atoms with E-state index in [1.54, 1.807) is 15.9 Å². The second kappa shape index (κ2) is 6.43. The number of fused-ring (bicyclic) bond motifs is 1. The maximum Gasteiger partial charge on any atom is 0.410 e. The van der Waals surface area contributed by atoms with Crippen molar-refractivity contribution in [1.82, 2.24) is 10.2 Å². The largest absolute Gasteiger partial charge is 0.444 e. The highest BCUT2D eigenvalue weighted by atomic mass is 16.6. The average Bonchev–Trinajstić information content (AvgIpc) is 2.95. The smallest absolute Gasteiger partial charge is 0.410 e. The third-order valence-corrected chi connectivity index (χ3v) is 4.31. The average molecular weight is 343 g/mol. The van der Waals surface area contributed by atoms with Crippen molar-refractivity contribution in [1.29, 1.82) is 0 Å². The molecule has 3 rings (SSSR count). The number of nitrogens with one attached hydrogen (secondary N) is 1. The van der Waals surface area contributed by atoms with Gasteiger partial charge in [0, 0.05) is 26.2 Å². The van der Waals surface area contributed by atoms with Crippen LogP contribution in [0.25, 0.3) is 6.08 Å². The van der Waals surface area contributed by atoms with Crippen molar-refractivity contribution in [3.8, 4) is 0 Å². The number of nitrogens with zero attached hydrogens (tertiary/aromatic N) is 2. The molecule has 1 fully saturated rings. The third kappa shape index (κ3) is 3.62. The summed E-state index contributed by atoms with van der Waals surface area (Å²) in [6.07, 6.45) is 2.35. The number of hydrogen-bond acceptors (Lipinski definition) is 3. The molecule has 0 saturated carbocycles. The molecule has 1 aromatic carbocycles. The molecule has 0 atom stereocenters. The monoisotopic (exact) mass is 343 g/mol. The SMILES string of the molecule is C=Cc1cc2c(cc1N1CCCNC1=O)CN(C(=O)OC(C)(C)C)C2. The lowest BCUT2D eigenvalue weighted by Crippen LogP contribution is -2.46. The summed E-state index contributed by atoms with van der Waals surface area (Å²) in [5, 5.41) is 2.87. The summed E-state index contributed by atoms with van der Waals surface area (Å²) in [5.41, 5.74) is 3.35. The lowest BCUT2D eigenvalue weighted by molar-refractivity contribution is 0.0242. The van der Waals surface area contributed by atoms with Gasteiger partial charge in [0.05, 0.1) is 5.69 Å². The van der Waals surface area contributed by atoms with E-state index in [1.165, 1.54) is 0 Å². The van der Waals surface area contributed by atoms with Crippen LogP contribution in [0.5, 0.6) is 0 Å². The molecule has 6 nitrogen and oxygen atoms in total. The van der Waals surface area contributed by atoms with Crippen molar-refractivity contribution >= 4 is 23.9 Å². The molecule has 2 aliphatic rings. The molecular weight excluding hydrogens is 318 g/mol. The molecular formula is C19H25N3O3.